The van der Waals surface area contributed by atoms with Crippen LogP contribution in [-0.4, -0.2) is 24.1 Å². The smallest absolute Gasteiger partial charge is 0.238 e. The maximum Gasteiger partial charge on any atom is 0.238 e. The van der Waals surface area contributed by atoms with Gasteiger partial charge in [0.05, 0.1) is 22.1 Å². The van der Waals surface area contributed by atoms with Gasteiger partial charge in [-0.3, -0.25) is 4.57 Å². The number of para-hydroxylation sites is 1. The van der Waals surface area contributed by atoms with E-state index in [9.17, 15) is 0 Å². The van der Waals surface area contributed by atoms with Gasteiger partial charge in [-0.05, 0) is 112 Å². The lowest BCUT2D eigenvalue weighted by atomic mass is 9.63. The van der Waals surface area contributed by atoms with Crippen molar-refractivity contribution in [3.05, 3.63) is 175 Å². The van der Waals surface area contributed by atoms with Gasteiger partial charge >= 0.3 is 0 Å². The molecule has 6 heteroatoms. The van der Waals surface area contributed by atoms with Crippen LogP contribution in [0.3, 0.4) is 0 Å². The van der Waals surface area contributed by atoms with Gasteiger partial charge in [0.25, 0.3) is 0 Å². The summed E-state index contributed by atoms with van der Waals surface area (Å²) in [4.78, 5) is 16.1. The monoisotopic (exact) mass is 829 g/mol. The van der Waals surface area contributed by atoms with E-state index in [2.05, 4.69) is 195 Å². The van der Waals surface area contributed by atoms with Crippen LogP contribution < -0.4 is 0 Å². The molecule has 5 nitrogen and oxygen atoms in total. The van der Waals surface area contributed by atoms with Gasteiger partial charge in [0.1, 0.15) is 0 Å². The molecule has 0 saturated carbocycles. The van der Waals surface area contributed by atoms with Crippen LogP contribution in [0.5, 0.6) is 0 Å². The molecule has 0 fully saturated rings. The zero-order valence-corrected chi connectivity index (χ0v) is 36.5. The average Bonchev–Trinajstić information content (AvgIpc) is 3.98. The lowest BCUT2D eigenvalue weighted by molar-refractivity contribution is 0.332. The van der Waals surface area contributed by atoms with Crippen molar-refractivity contribution < 1.29 is 0 Å². The number of nitrogens with zero attached hydrogens (tertiary/aromatic N) is 5. The Balaban J connectivity index is 1.18. The Morgan fingerprint density at radius 2 is 1.02 bits per heavy atom. The first-order valence-corrected chi connectivity index (χ1v) is 22.8. The number of benzene rings is 8. The maximum atomic E-state index is 5.45. The van der Waals surface area contributed by atoms with E-state index in [1.165, 1.54) is 74.6 Å². The standard InChI is InChI=1S/C57H43N5S/c1-56(2)29-30-57(3,4)43-33-47-41(32-42(43)56)51-44(61(47)37-18-9-6-10-19-37)26-27-46-52(51)50-38-20-12-11-15-34(38)23-25-45(50)62(46)55-59-53(35-16-7-5-8-17-35)58-54(60-55)36-24-28-49-40(31-36)39-21-13-14-22-48(39)63-49/h5-28,31-33H,29-30H2,1-4H3. The topological polar surface area (TPSA) is 48.5 Å². The molecule has 0 radical (unpaired) electrons. The quantitative estimate of drug-likeness (QED) is 0.178. The summed E-state index contributed by atoms with van der Waals surface area (Å²) >= 11 is 1.82. The van der Waals surface area contributed by atoms with Gasteiger partial charge in [-0.1, -0.05) is 125 Å². The van der Waals surface area contributed by atoms with E-state index in [4.69, 9.17) is 15.0 Å². The predicted molar refractivity (Wildman–Crippen MR) is 265 cm³/mol. The first-order chi connectivity index (χ1) is 30.7. The molecule has 302 valence electrons. The average molecular weight is 830 g/mol. The first-order valence-electron chi connectivity index (χ1n) is 22.0. The van der Waals surface area contributed by atoms with Crippen LogP contribution in [0.15, 0.2) is 164 Å². The van der Waals surface area contributed by atoms with Crippen molar-refractivity contribution in [2.75, 3.05) is 0 Å². The maximum absolute atomic E-state index is 5.45. The SMILES string of the molecule is CC1(C)CCC(C)(C)c2cc3c(cc21)c1c2c4c5ccccc5ccc4n(-c4nc(-c5ccccc5)nc(-c5ccc6sc7ccccc7c6c5)n4)c2ccc1n3-c1ccccc1. The van der Waals surface area contributed by atoms with Crippen LogP contribution in [0.2, 0.25) is 0 Å². The van der Waals surface area contributed by atoms with Crippen LogP contribution in [0, 0.1) is 0 Å². The zero-order valence-electron chi connectivity index (χ0n) is 35.6. The Kier molecular flexibility index (Phi) is 7.64. The summed E-state index contributed by atoms with van der Waals surface area (Å²) in [6.45, 7) is 9.71. The number of hydrogen-bond acceptors (Lipinski definition) is 4. The highest BCUT2D eigenvalue weighted by Gasteiger charge is 2.38. The van der Waals surface area contributed by atoms with Crippen molar-refractivity contribution >= 4 is 85.9 Å². The van der Waals surface area contributed by atoms with Crippen molar-refractivity contribution in [3.8, 4) is 34.4 Å². The van der Waals surface area contributed by atoms with Crippen molar-refractivity contribution in [1.82, 2.24) is 24.1 Å². The fourth-order valence-corrected chi connectivity index (χ4v) is 11.8. The van der Waals surface area contributed by atoms with Crippen molar-refractivity contribution in [1.29, 1.82) is 0 Å². The Bertz CT molecular complexity index is 3850. The molecule has 63 heavy (non-hydrogen) atoms. The molecule has 0 amide bonds. The molecule has 0 aliphatic heterocycles. The Labute approximate surface area is 368 Å². The van der Waals surface area contributed by atoms with Crippen molar-refractivity contribution in [2.24, 2.45) is 0 Å². The van der Waals surface area contributed by atoms with Crippen LogP contribution >= 0.6 is 11.3 Å². The Morgan fingerprint density at radius 3 is 1.79 bits per heavy atom. The molecule has 0 spiro atoms. The number of rotatable bonds is 4. The fraction of sp³-hybridized carbons (Fsp3) is 0.140. The van der Waals surface area contributed by atoms with E-state index < -0.39 is 0 Å². The molecule has 4 aromatic heterocycles. The fourth-order valence-electron chi connectivity index (χ4n) is 10.7. The third kappa shape index (κ3) is 5.37. The molecule has 8 aromatic carbocycles. The molecule has 0 N–H and O–H groups in total. The summed E-state index contributed by atoms with van der Waals surface area (Å²) in [6.07, 6.45) is 2.31. The molecule has 0 bridgehead atoms. The molecule has 12 aromatic rings. The first kappa shape index (κ1) is 36.5. The van der Waals surface area contributed by atoms with Gasteiger partial charge in [-0.2, -0.15) is 9.97 Å². The van der Waals surface area contributed by atoms with Gasteiger partial charge in [0, 0.05) is 58.5 Å². The highest BCUT2D eigenvalue weighted by Crippen LogP contribution is 2.51. The highest BCUT2D eigenvalue weighted by atomic mass is 32.1. The molecule has 1 aliphatic carbocycles. The summed E-state index contributed by atoms with van der Waals surface area (Å²) in [5.74, 6) is 1.88. The molecule has 4 heterocycles. The van der Waals surface area contributed by atoms with E-state index in [0.29, 0.717) is 17.6 Å². The minimum absolute atomic E-state index is 0.0439. The van der Waals surface area contributed by atoms with E-state index in [0.717, 1.165) is 40.7 Å². The molecular formula is C57H43N5S. The minimum atomic E-state index is 0.0439. The van der Waals surface area contributed by atoms with Crippen LogP contribution in [-0.2, 0) is 10.8 Å². The molecule has 13 rings (SSSR count). The second-order valence-corrected chi connectivity index (χ2v) is 19.8. The summed E-state index contributed by atoms with van der Waals surface area (Å²) in [5, 5.41) is 9.80. The van der Waals surface area contributed by atoms with E-state index in [1.807, 2.05) is 17.4 Å². The molecule has 0 unspecified atom stereocenters. The molecular weight excluding hydrogens is 787 g/mol. The zero-order chi connectivity index (χ0) is 42.2. The van der Waals surface area contributed by atoms with Crippen LogP contribution in [0.25, 0.3) is 109 Å². The van der Waals surface area contributed by atoms with Crippen LogP contribution in [0.1, 0.15) is 51.7 Å². The van der Waals surface area contributed by atoms with E-state index >= 15 is 0 Å². The van der Waals surface area contributed by atoms with Gasteiger partial charge in [0.15, 0.2) is 11.6 Å². The summed E-state index contributed by atoms with van der Waals surface area (Å²) in [7, 11) is 0. The normalized spacial score (nSPS) is 14.8. The molecule has 0 atom stereocenters. The largest absolute Gasteiger partial charge is 0.309 e. The molecule has 0 saturated heterocycles. The van der Waals surface area contributed by atoms with E-state index in [1.54, 1.807) is 0 Å². The number of fused-ring (bicyclic) bond motifs is 13. The van der Waals surface area contributed by atoms with Gasteiger partial charge < -0.3 is 4.57 Å². The predicted octanol–water partition coefficient (Wildman–Crippen LogP) is 15.3. The number of hydrogen-bond donors (Lipinski definition) is 0. The lowest BCUT2D eigenvalue weighted by Gasteiger charge is -2.42. The summed E-state index contributed by atoms with van der Waals surface area (Å²) in [6, 6.07) is 59.5. The summed E-state index contributed by atoms with van der Waals surface area (Å²) in [5.41, 5.74) is 10.6. The number of thiophene rings is 1. The Morgan fingerprint density at radius 1 is 0.429 bits per heavy atom. The second-order valence-electron chi connectivity index (χ2n) is 18.7. The van der Waals surface area contributed by atoms with Gasteiger partial charge in [-0.15, -0.1) is 11.3 Å². The van der Waals surface area contributed by atoms with Crippen LogP contribution in [0.4, 0.5) is 0 Å². The van der Waals surface area contributed by atoms with Crippen molar-refractivity contribution in [3.63, 3.8) is 0 Å². The third-order valence-electron chi connectivity index (χ3n) is 14.0. The lowest BCUT2D eigenvalue weighted by Crippen LogP contribution is -2.33. The number of aromatic nitrogens is 5. The van der Waals surface area contributed by atoms with E-state index in [-0.39, 0.29) is 10.8 Å². The second kappa shape index (κ2) is 13.2. The minimum Gasteiger partial charge on any atom is -0.309 e. The molecule has 1 aliphatic rings. The summed E-state index contributed by atoms with van der Waals surface area (Å²) < 4.78 is 7.31. The Hall–Kier alpha value is -7.15. The van der Waals surface area contributed by atoms with Crippen molar-refractivity contribution in [2.45, 2.75) is 51.4 Å². The highest BCUT2D eigenvalue weighted by molar-refractivity contribution is 7.25. The van der Waals surface area contributed by atoms with Gasteiger partial charge in [-0.25, -0.2) is 4.98 Å². The third-order valence-corrected chi connectivity index (χ3v) is 15.2. The van der Waals surface area contributed by atoms with Gasteiger partial charge in [0.2, 0.25) is 5.95 Å².